The number of anilines is 1. The van der Waals surface area contributed by atoms with E-state index in [1.54, 1.807) is 28.8 Å². The van der Waals surface area contributed by atoms with Crippen LogP contribution in [0.15, 0.2) is 66.7 Å². The van der Waals surface area contributed by atoms with Crippen molar-refractivity contribution in [3.05, 3.63) is 78.1 Å². The average Bonchev–Trinajstić information content (AvgIpc) is 3.16. The molecule has 1 atom stereocenters. The minimum atomic E-state index is -0.510. The first-order chi connectivity index (χ1) is 15.5. The van der Waals surface area contributed by atoms with Crippen LogP contribution < -0.4 is 14.4 Å². The number of aryl methyl sites for hydroxylation is 1. The SMILES string of the molecule is CSCCOc1ccc(N2CC[C@@H](Oc3ccc(-c4ccc(F)cc4)cc3)C2=O)cc1C. The van der Waals surface area contributed by atoms with Gasteiger partial charge in [0.05, 0.1) is 6.61 Å². The average molecular weight is 452 g/mol. The van der Waals surface area contributed by atoms with Crippen molar-refractivity contribution < 1.29 is 18.7 Å². The van der Waals surface area contributed by atoms with Gasteiger partial charge in [0.25, 0.3) is 5.91 Å². The highest BCUT2D eigenvalue weighted by molar-refractivity contribution is 7.98. The fraction of sp³-hybridized carbons (Fsp3) is 0.269. The maximum absolute atomic E-state index is 13.1. The molecule has 0 radical (unpaired) electrons. The normalized spacial score (nSPS) is 15.8. The highest BCUT2D eigenvalue weighted by atomic mass is 32.2. The summed E-state index contributed by atoms with van der Waals surface area (Å²) in [5, 5.41) is 0. The number of amides is 1. The van der Waals surface area contributed by atoms with Crippen LogP contribution in [-0.2, 0) is 4.79 Å². The minimum Gasteiger partial charge on any atom is -0.492 e. The van der Waals surface area contributed by atoms with Crippen molar-refractivity contribution in [1.29, 1.82) is 0 Å². The first-order valence-corrected chi connectivity index (χ1v) is 12.0. The van der Waals surface area contributed by atoms with Gasteiger partial charge in [-0.1, -0.05) is 24.3 Å². The summed E-state index contributed by atoms with van der Waals surface area (Å²) in [4.78, 5) is 14.7. The third-order valence-electron chi connectivity index (χ3n) is 5.48. The van der Waals surface area contributed by atoms with Crippen LogP contribution in [0, 0.1) is 12.7 Å². The highest BCUT2D eigenvalue weighted by Gasteiger charge is 2.34. The zero-order valence-electron chi connectivity index (χ0n) is 18.2. The summed E-state index contributed by atoms with van der Waals surface area (Å²) in [5.74, 6) is 2.14. The van der Waals surface area contributed by atoms with Gasteiger partial charge in [-0.05, 0) is 72.3 Å². The summed E-state index contributed by atoms with van der Waals surface area (Å²) in [6.07, 6.45) is 2.17. The largest absolute Gasteiger partial charge is 0.492 e. The Morgan fingerprint density at radius 3 is 2.38 bits per heavy atom. The number of nitrogens with zero attached hydrogens (tertiary/aromatic N) is 1. The van der Waals surface area contributed by atoms with Gasteiger partial charge in [0, 0.05) is 24.4 Å². The molecule has 1 fully saturated rings. The lowest BCUT2D eigenvalue weighted by molar-refractivity contribution is -0.122. The van der Waals surface area contributed by atoms with E-state index in [1.165, 1.54) is 12.1 Å². The number of thioether (sulfide) groups is 1. The van der Waals surface area contributed by atoms with Crippen molar-refractivity contribution in [2.75, 3.05) is 30.1 Å². The number of rotatable bonds is 8. The second kappa shape index (κ2) is 10.1. The molecule has 0 aromatic heterocycles. The molecule has 0 unspecified atom stereocenters. The Morgan fingerprint density at radius 2 is 1.72 bits per heavy atom. The van der Waals surface area contributed by atoms with Crippen LogP contribution in [0.3, 0.4) is 0 Å². The fourth-order valence-corrected chi connectivity index (χ4v) is 4.00. The van der Waals surface area contributed by atoms with Gasteiger partial charge in [0.1, 0.15) is 17.3 Å². The monoisotopic (exact) mass is 451 g/mol. The molecule has 0 spiro atoms. The molecule has 166 valence electrons. The molecule has 1 amide bonds. The zero-order valence-corrected chi connectivity index (χ0v) is 19.0. The van der Waals surface area contributed by atoms with E-state index in [4.69, 9.17) is 9.47 Å². The third kappa shape index (κ3) is 5.07. The molecular weight excluding hydrogens is 425 g/mol. The second-order valence-corrected chi connectivity index (χ2v) is 8.69. The Hall–Kier alpha value is -2.99. The maximum Gasteiger partial charge on any atom is 0.268 e. The van der Waals surface area contributed by atoms with E-state index in [0.717, 1.165) is 33.9 Å². The first-order valence-electron chi connectivity index (χ1n) is 10.6. The van der Waals surface area contributed by atoms with E-state index >= 15 is 0 Å². The number of hydrogen-bond donors (Lipinski definition) is 0. The number of halogens is 1. The predicted molar refractivity (Wildman–Crippen MR) is 128 cm³/mol. The maximum atomic E-state index is 13.1. The van der Waals surface area contributed by atoms with Crippen molar-refractivity contribution in [2.24, 2.45) is 0 Å². The Labute approximate surface area is 192 Å². The molecule has 1 saturated heterocycles. The number of carbonyl (C=O) groups excluding carboxylic acids is 1. The van der Waals surface area contributed by atoms with Crippen molar-refractivity contribution in [1.82, 2.24) is 0 Å². The van der Waals surface area contributed by atoms with Crippen LogP contribution in [0.25, 0.3) is 11.1 Å². The highest BCUT2D eigenvalue weighted by Crippen LogP contribution is 2.30. The first kappa shape index (κ1) is 22.2. The van der Waals surface area contributed by atoms with Crippen LogP contribution >= 0.6 is 11.8 Å². The molecule has 1 aliphatic rings. The zero-order chi connectivity index (χ0) is 22.5. The van der Waals surface area contributed by atoms with E-state index in [0.29, 0.717) is 25.3 Å². The van der Waals surface area contributed by atoms with Gasteiger partial charge in [-0.2, -0.15) is 11.8 Å². The number of benzene rings is 3. The molecule has 32 heavy (non-hydrogen) atoms. The third-order valence-corrected chi connectivity index (χ3v) is 6.06. The van der Waals surface area contributed by atoms with Crippen molar-refractivity contribution in [3.63, 3.8) is 0 Å². The summed E-state index contributed by atoms with van der Waals surface area (Å²) in [7, 11) is 0. The van der Waals surface area contributed by atoms with Crippen LogP contribution in [0.4, 0.5) is 10.1 Å². The summed E-state index contributed by atoms with van der Waals surface area (Å²) in [6.45, 7) is 3.28. The van der Waals surface area contributed by atoms with Gasteiger partial charge in [-0.25, -0.2) is 4.39 Å². The Bertz CT molecular complexity index is 1070. The molecular formula is C26H26FNO3S. The molecule has 0 bridgehead atoms. The van der Waals surface area contributed by atoms with Crippen molar-refractivity contribution >= 4 is 23.4 Å². The summed E-state index contributed by atoms with van der Waals surface area (Å²) >= 11 is 1.75. The van der Waals surface area contributed by atoms with Gasteiger partial charge in [0.15, 0.2) is 6.10 Å². The van der Waals surface area contributed by atoms with Crippen molar-refractivity contribution in [2.45, 2.75) is 19.4 Å². The van der Waals surface area contributed by atoms with Gasteiger partial charge in [-0.15, -0.1) is 0 Å². The van der Waals surface area contributed by atoms with Crippen molar-refractivity contribution in [3.8, 4) is 22.6 Å². The molecule has 3 aromatic rings. The van der Waals surface area contributed by atoms with E-state index in [9.17, 15) is 9.18 Å². The van der Waals surface area contributed by atoms with Crippen LogP contribution in [0.2, 0.25) is 0 Å². The molecule has 6 heteroatoms. The molecule has 4 nitrogen and oxygen atoms in total. The molecule has 3 aromatic carbocycles. The topological polar surface area (TPSA) is 38.8 Å². The van der Waals surface area contributed by atoms with Crippen LogP contribution in [-0.4, -0.2) is 37.2 Å². The number of hydrogen-bond acceptors (Lipinski definition) is 4. The molecule has 1 aliphatic heterocycles. The van der Waals surface area contributed by atoms with Crippen LogP contribution in [0.1, 0.15) is 12.0 Å². The lowest BCUT2D eigenvalue weighted by atomic mass is 10.1. The quantitative estimate of drug-likeness (QED) is 0.410. The summed E-state index contributed by atoms with van der Waals surface area (Å²) < 4.78 is 24.9. The van der Waals surface area contributed by atoms with E-state index in [2.05, 4.69) is 6.26 Å². The van der Waals surface area contributed by atoms with E-state index in [-0.39, 0.29) is 11.7 Å². The van der Waals surface area contributed by atoms with Crippen LogP contribution in [0.5, 0.6) is 11.5 Å². The predicted octanol–water partition coefficient (Wildman–Crippen LogP) is 5.73. The standard InChI is InChI=1S/C26H26FNO3S/c1-18-17-22(9-12-24(18)30-15-16-32-2)28-14-13-25(26(28)29)31-23-10-5-20(6-11-23)19-3-7-21(27)8-4-19/h3-12,17,25H,13-16H2,1-2H3/t25-/m1/s1. The smallest absolute Gasteiger partial charge is 0.268 e. The molecule has 1 heterocycles. The molecule has 4 rings (SSSR count). The lowest BCUT2D eigenvalue weighted by Gasteiger charge is -2.19. The molecule has 0 aliphatic carbocycles. The molecule has 0 N–H and O–H groups in total. The van der Waals surface area contributed by atoms with Gasteiger partial charge < -0.3 is 14.4 Å². The fourth-order valence-electron chi connectivity index (χ4n) is 3.75. The summed E-state index contributed by atoms with van der Waals surface area (Å²) in [6, 6.07) is 19.7. The van der Waals surface area contributed by atoms with Gasteiger partial charge in [0.2, 0.25) is 0 Å². The Balaban J connectivity index is 1.39. The van der Waals surface area contributed by atoms with Gasteiger partial charge >= 0.3 is 0 Å². The Morgan fingerprint density at radius 1 is 1.03 bits per heavy atom. The lowest BCUT2D eigenvalue weighted by Crippen LogP contribution is -2.32. The summed E-state index contributed by atoms with van der Waals surface area (Å²) in [5.41, 5.74) is 3.77. The number of carbonyl (C=O) groups is 1. The minimum absolute atomic E-state index is 0.0388. The van der Waals surface area contributed by atoms with E-state index < -0.39 is 6.10 Å². The Kier molecular flexibility index (Phi) is 7.00. The van der Waals surface area contributed by atoms with Gasteiger partial charge in [-0.3, -0.25) is 4.79 Å². The molecule has 0 saturated carbocycles. The van der Waals surface area contributed by atoms with E-state index in [1.807, 2.05) is 49.4 Å². The number of ether oxygens (including phenoxy) is 2. The second-order valence-electron chi connectivity index (χ2n) is 7.71.